The summed E-state index contributed by atoms with van der Waals surface area (Å²) >= 11 is 0. The van der Waals surface area contributed by atoms with Crippen molar-refractivity contribution in [1.82, 2.24) is 0 Å². The van der Waals surface area contributed by atoms with Gasteiger partial charge in [0.2, 0.25) is 0 Å². The van der Waals surface area contributed by atoms with Crippen LogP contribution in [0, 0.1) is 0 Å². The van der Waals surface area contributed by atoms with E-state index in [-0.39, 0.29) is 6.29 Å². The second kappa shape index (κ2) is 17.3. The molecule has 0 saturated carbocycles. The standard InChI is InChI=1S/C21H45NO2P/c1-4-5-6-7-8-9-10-11-12-13-14-15-16-17-18-19-20-22(2,3)21-25(23)24/h4-21H2,1-3H3/q+1. The van der Waals surface area contributed by atoms with Gasteiger partial charge in [0.25, 0.3) is 0 Å². The van der Waals surface area contributed by atoms with Gasteiger partial charge in [0.1, 0.15) is 0 Å². The second-order valence-electron chi connectivity index (χ2n) is 8.44. The zero-order valence-corrected chi connectivity index (χ0v) is 18.3. The Hall–Kier alpha value is -0.140. The highest BCUT2D eigenvalue weighted by atomic mass is 31.1. The Balaban J connectivity index is 3.19. The van der Waals surface area contributed by atoms with Gasteiger partial charge in [-0.1, -0.05) is 96.8 Å². The van der Waals surface area contributed by atoms with Crippen LogP contribution in [0.2, 0.25) is 0 Å². The molecule has 0 rings (SSSR count). The summed E-state index contributed by atoms with van der Waals surface area (Å²) < 4.78 is 22.2. The molecule has 0 aromatic heterocycles. The lowest BCUT2D eigenvalue weighted by molar-refractivity contribution is -0.878. The van der Waals surface area contributed by atoms with Crippen LogP contribution in [0.25, 0.3) is 0 Å². The first-order chi connectivity index (χ1) is 12.0. The van der Waals surface area contributed by atoms with Crippen molar-refractivity contribution >= 4 is 7.68 Å². The Kier molecular flexibility index (Phi) is 17.2. The molecule has 0 aromatic rings. The molecule has 4 heteroatoms. The summed E-state index contributed by atoms with van der Waals surface area (Å²) in [7, 11) is 1.76. The van der Waals surface area contributed by atoms with Crippen molar-refractivity contribution in [3.05, 3.63) is 0 Å². The Morgan fingerprint density at radius 3 is 1.20 bits per heavy atom. The molecule has 25 heavy (non-hydrogen) atoms. The molecule has 0 aliphatic rings. The van der Waals surface area contributed by atoms with Crippen LogP contribution in [0.4, 0.5) is 0 Å². The van der Waals surface area contributed by atoms with E-state index in [1.54, 1.807) is 0 Å². The quantitative estimate of drug-likeness (QED) is 0.134. The molecule has 0 heterocycles. The Bertz CT molecular complexity index is 346. The fourth-order valence-corrected chi connectivity index (χ4v) is 4.24. The van der Waals surface area contributed by atoms with Gasteiger partial charge in [-0.2, -0.15) is 0 Å². The number of quaternary nitrogens is 1. The molecule has 0 amide bonds. The Morgan fingerprint density at radius 2 is 0.880 bits per heavy atom. The molecule has 0 aliphatic heterocycles. The van der Waals surface area contributed by atoms with Gasteiger partial charge in [0, 0.05) is 0 Å². The summed E-state index contributed by atoms with van der Waals surface area (Å²) in [5.74, 6) is 0. The molecule has 0 aliphatic carbocycles. The van der Waals surface area contributed by atoms with Crippen molar-refractivity contribution < 1.29 is 13.6 Å². The zero-order valence-electron chi connectivity index (χ0n) is 17.4. The van der Waals surface area contributed by atoms with Crippen LogP contribution < -0.4 is 0 Å². The van der Waals surface area contributed by atoms with Crippen molar-refractivity contribution in [3.63, 3.8) is 0 Å². The topological polar surface area (TPSA) is 34.1 Å². The van der Waals surface area contributed by atoms with E-state index in [1.807, 2.05) is 14.1 Å². The van der Waals surface area contributed by atoms with E-state index in [1.165, 1.54) is 96.3 Å². The smallest absolute Gasteiger partial charge is 0.317 e. The number of nitrogens with zero attached hydrogens (tertiary/aromatic N) is 1. The van der Waals surface area contributed by atoms with Crippen LogP contribution in [-0.4, -0.2) is 31.4 Å². The van der Waals surface area contributed by atoms with Crippen LogP contribution in [0.3, 0.4) is 0 Å². The van der Waals surface area contributed by atoms with E-state index in [2.05, 4.69) is 6.92 Å². The molecule has 0 fully saturated rings. The molecule has 0 bridgehead atoms. The summed E-state index contributed by atoms with van der Waals surface area (Å²) in [6, 6.07) is 0. The van der Waals surface area contributed by atoms with Gasteiger partial charge in [-0.25, -0.2) is 9.13 Å². The van der Waals surface area contributed by atoms with Gasteiger partial charge >= 0.3 is 7.68 Å². The number of hydrogen-bond acceptors (Lipinski definition) is 2. The monoisotopic (exact) mass is 374 g/mol. The summed E-state index contributed by atoms with van der Waals surface area (Å²) in [5, 5.41) is 0. The van der Waals surface area contributed by atoms with Gasteiger partial charge in [0.05, 0.1) is 20.6 Å². The van der Waals surface area contributed by atoms with E-state index in [0.717, 1.165) is 13.0 Å². The molecular weight excluding hydrogens is 329 g/mol. The third-order valence-corrected chi connectivity index (χ3v) is 6.11. The largest absolute Gasteiger partial charge is 0.371 e. The van der Waals surface area contributed by atoms with Gasteiger partial charge in [-0.15, -0.1) is 0 Å². The predicted molar refractivity (Wildman–Crippen MR) is 110 cm³/mol. The first-order valence-electron chi connectivity index (χ1n) is 10.9. The molecule has 0 unspecified atom stereocenters. The van der Waals surface area contributed by atoms with Crippen LogP contribution in [0.15, 0.2) is 0 Å². The SMILES string of the molecule is CCCCCCCCCCCCCCCCCC[N+](C)(C)CP(=O)=O. The van der Waals surface area contributed by atoms with E-state index >= 15 is 0 Å². The fourth-order valence-electron chi connectivity index (χ4n) is 3.47. The lowest BCUT2D eigenvalue weighted by atomic mass is 10.0. The lowest BCUT2D eigenvalue weighted by Crippen LogP contribution is -2.39. The van der Waals surface area contributed by atoms with Gasteiger partial charge in [-0.05, 0) is 12.8 Å². The van der Waals surface area contributed by atoms with E-state index in [9.17, 15) is 9.13 Å². The van der Waals surface area contributed by atoms with Crippen molar-refractivity contribution in [2.45, 2.75) is 110 Å². The highest BCUT2D eigenvalue weighted by molar-refractivity contribution is 7.30. The highest BCUT2D eigenvalue weighted by Gasteiger charge is 2.16. The maximum Gasteiger partial charge on any atom is 0.371 e. The first-order valence-corrected chi connectivity index (χ1v) is 12.3. The highest BCUT2D eigenvalue weighted by Crippen LogP contribution is 2.15. The van der Waals surface area contributed by atoms with Gasteiger partial charge in [0.15, 0.2) is 6.29 Å². The molecule has 0 aromatic carbocycles. The molecule has 0 spiro atoms. The number of rotatable bonds is 19. The molecular formula is C21H45NO2P+. The minimum absolute atomic E-state index is 0.272. The van der Waals surface area contributed by atoms with Gasteiger partial charge in [-0.3, -0.25) is 0 Å². The second-order valence-corrected chi connectivity index (χ2v) is 9.39. The maximum absolute atomic E-state index is 10.8. The van der Waals surface area contributed by atoms with Crippen LogP contribution in [0.1, 0.15) is 110 Å². The van der Waals surface area contributed by atoms with Gasteiger partial charge < -0.3 is 4.48 Å². The summed E-state index contributed by atoms with van der Waals surface area (Å²) in [6.45, 7) is 3.25. The van der Waals surface area contributed by atoms with Crippen molar-refractivity contribution in [2.75, 3.05) is 26.9 Å². The number of hydrogen-bond donors (Lipinski definition) is 0. The third-order valence-electron chi connectivity index (χ3n) is 5.12. The molecule has 0 saturated heterocycles. The number of unbranched alkanes of at least 4 members (excludes halogenated alkanes) is 15. The molecule has 3 nitrogen and oxygen atoms in total. The van der Waals surface area contributed by atoms with Crippen LogP contribution in [-0.2, 0) is 9.13 Å². The molecule has 0 atom stereocenters. The lowest BCUT2D eigenvalue weighted by Gasteiger charge is -2.26. The van der Waals surface area contributed by atoms with E-state index in [4.69, 9.17) is 0 Å². The average molecular weight is 375 g/mol. The van der Waals surface area contributed by atoms with E-state index < -0.39 is 7.68 Å². The third kappa shape index (κ3) is 20.0. The minimum atomic E-state index is -2.26. The molecule has 150 valence electrons. The normalized spacial score (nSPS) is 11.8. The summed E-state index contributed by atoms with van der Waals surface area (Å²) in [5.41, 5.74) is 0. The van der Waals surface area contributed by atoms with Crippen molar-refractivity contribution in [3.8, 4) is 0 Å². The fraction of sp³-hybridized carbons (Fsp3) is 1.00. The Morgan fingerprint density at radius 1 is 0.560 bits per heavy atom. The van der Waals surface area contributed by atoms with Crippen LogP contribution in [0.5, 0.6) is 0 Å². The van der Waals surface area contributed by atoms with Crippen molar-refractivity contribution in [2.24, 2.45) is 0 Å². The van der Waals surface area contributed by atoms with Crippen molar-refractivity contribution in [1.29, 1.82) is 0 Å². The van der Waals surface area contributed by atoms with Crippen LogP contribution >= 0.6 is 7.68 Å². The Labute approximate surface area is 158 Å². The summed E-state index contributed by atoms with van der Waals surface area (Å²) in [6.07, 6.45) is 22.3. The average Bonchev–Trinajstić information content (AvgIpc) is 2.53. The molecule has 0 radical (unpaired) electrons. The zero-order chi connectivity index (χ0) is 18.8. The summed E-state index contributed by atoms with van der Waals surface area (Å²) in [4.78, 5) is 0. The maximum atomic E-state index is 10.8. The minimum Gasteiger partial charge on any atom is -0.317 e. The first kappa shape index (κ1) is 24.9. The molecule has 0 N–H and O–H groups in total. The predicted octanol–water partition coefficient (Wildman–Crippen LogP) is 7.45. The van der Waals surface area contributed by atoms with E-state index in [0.29, 0.717) is 4.48 Å².